The summed E-state index contributed by atoms with van der Waals surface area (Å²) >= 11 is 3.51. The molecule has 0 aromatic carbocycles. The number of thiazole rings is 1. The lowest BCUT2D eigenvalue weighted by molar-refractivity contribution is 0.401. The van der Waals surface area contributed by atoms with Gasteiger partial charge >= 0.3 is 0 Å². The molecule has 0 unspecified atom stereocenters. The van der Waals surface area contributed by atoms with E-state index >= 15 is 0 Å². The van der Waals surface area contributed by atoms with Crippen molar-refractivity contribution in [1.82, 2.24) is 24.8 Å². The molecule has 3 heterocycles. The van der Waals surface area contributed by atoms with Gasteiger partial charge in [0.1, 0.15) is 5.01 Å². The molecule has 3 rings (SSSR count). The molecule has 154 valence electrons. The van der Waals surface area contributed by atoms with E-state index in [0.717, 1.165) is 40.0 Å². The smallest absolute Gasteiger partial charge is 0.260 e. The summed E-state index contributed by atoms with van der Waals surface area (Å²) in [6.07, 6.45) is 1.71. The zero-order chi connectivity index (χ0) is 20.8. The number of H-pyrrole nitrogens is 1. The van der Waals surface area contributed by atoms with Gasteiger partial charge in [-0.25, -0.2) is 9.97 Å². The Balaban J connectivity index is 1.50. The highest BCUT2D eigenvalue weighted by Gasteiger charge is 2.11. The Hall–Kier alpha value is -2.23. The van der Waals surface area contributed by atoms with Crippen LogP contribution in [-0.2, 0) is 12.3 Å². The largest absolute Gasteiger partial charge is 0.355 e. The standard InChI is InChI=1S/C20H26N6OS2/c1-13-5-6-15(9-22-13)18-14(2)23-20(25-19(18)27)21-7-8-28-11-16-12-29-17(24-16)10-26(3)4/h5-6,9,12H,7-8,10-11H2,1-4H3,(H2,21,23,25,27). The van der Waals surface area contributed by atoms with Crippen molar-refractivity contribution in [3.8, 4) is 11.1 Å². The molecule has 0 amide bonds. The van der Waals surface area contributed by atoms with Crippen molar-refractivity contribution in [2.75, 3.05) is 31.7 Å². The number of aromatic nitrogens is 4. The number of aryl methyl sites for hydroxylation is 2. The highest BCUT2D eigenvalue weighted by Crippen LogP contribution is 2.19. The summed E-state index contributed by atoms with van der Waals surface area (Å²) in [6.45, 7) is 5.36. The van der Waals surface area contributed by atoms with E-state index in [1.54, 1.807) is 17.5 Å². The SMILES string of the molecule is Cc1ccc(-c2c(C)nc(NCCSCc3csc(CN(C)C)n3)[nH]c2=O)cn1. The normalized spacial score (nSPS) is 11.2. The van der Waals surface area contributed by atoms with Crippen LogP contribution in [0.3, 0.4) is 0 Å². The summed E-state index contributed by atoms with van der Waals surface area (Å²) in [5, 5.41) is 6.47. The monoisotopic (exact) mass is 430 g/mol. The Morgan fingerprint density at radius 1 is 1.24 bits per heavy atom. The van der Waals surface area contributed by atoms with Gasteiger partial charge < -0.3 is 10.2 Å². The Morgan fingerprint density at radius 3 is 2.76 bits per heavy atom. The molecule has 0 fully saturated rings. The van der Waals surface area contributed by atoms with Crippen LogP contribution in [0.2, 0.25) is 0 Å². The van der Waals surface area contributed by atoms with Gasteiger partial charge in [0.2, 0.25) is 5.95 Å². The van der Waals surface area contributed by atoms with Gasteiger partial charge in [-0.15, -0.1) is 11.3 Å². The first-order valence-electron chi connectivity index (χ1n) is 9.36. The predicted octanol–water partition coefficient (Wildman–Crippen LogP) is 3.31. The fourth-order valence-corrected chi connectivity index (χ4v) is 4.57. The van der Waals surface area contributed by atoms with Crippen molar-refractivity contribution < 1.29 is 0 Å². The number of nitrogens with zero attached hydrogens (tertiary/aromatic N) is 4. The molecule has 0 aliphatic heterocycles. The van der Waals surface area contributed by atoms with Gasteiger partial charge in [-0.3, -0.25) is 14.8 Å². The van der Waals surface area contributed by atoms with Crippen molar-refractivity contribution in [2.45, 2.75) is 26.1 Å². The molecular formula is C20H26N6OS2. The minimum absolute atomic E-state index is 0.158. The van der Waals surface area contributed by atoms with Crippen LogP contribution in [0.5, 0.6) is 0 Å². The summed E-state index contributed by atoms with van der Waals surface area (Å²) in [4.78, 5) is 30.9. The maximum absolute atomic E-state index is 12.5. The maximum Gasteiger partial charge on any atom is 0.260 e. The molecule has 29 heavy (non-hydrogen) atoms. The Labute approximate surface area is 179 Å². The van der Waals surface area contributed by atoms with Gasteiger partial charge in [0.25, 0.3) is 5.56 Å². The topological polar surface area (TPSA) is 86.8 Å². The first-order chi connectivity index (χ1) is 13.9. The van der Waals surface area contributed by atoms with Gasteiger partial charge in [-0.2, -0.15) is 11.8 Å². The van der Waals surface area contributed by atoms with Gasteiger partial charge in [0.05, 0.1) is 17.0 Å². The molecule has 2 N–H and O–H groups in total. The molecule has 3 aromatic heterocycles. The molecule has 0 aliphatic rings. The van der Waals surface area contributed by atoms with E-state index in [-0.39, 0.29) is 5.56 Å². The number of thioether (sulfide) groups is 1. The molecule has 0 saturated heterocycles. The zero-order valence-electron chi connectivity index (χ0n) is 17.2. The van der Waals surface area contributed by atoms with Crippen LogP contribution in [0.1, 0.15) is 22.1 Å². The fourth-order valence-electron chi connectivity index (χ4n) is 2.80. The minimum Gasteiger partial charge on any atom is -0.355 e. The minimum atomic E-state index is -0.158. The van der Waals surface area contributed by atoms with Crippen molar-refractivity contribution in [3.05, 3.63) is 56.2 Å². The molecule has 0 spiro atoms. The summed E-state index contributed by atoms with van der Waals surface area (Å²) < 4.78 is 0. The fraction of sp³-hybridized carbons (Fsp3) is 0.400. The molecule has 0 radical (unpaired) electrons. The van der Waals surface area contributed by atoms with E-state index in [1.165, 1.54) is 0 Å². The highest BCUT2D eigenvalue weighted by atomic mass is 32.2. The molecule has 9 heteroatoms. The number of anilines is 1. The number of rotatable bonds is 9. The summed E-state index contributed by atoms with van der Waals surface area (Å²) in [6, 6.07) is 3.79. The molecule has 0 atom stereocenters. The molecule has 7 nitrogen and oxygen atoms in total. The van der Waals surface area contributed by atoms with E-state index in [4.69, 9.17) is 0 Å². The Morgan fingerprint density at radius 2 is 2.07 bits per heavy atom. The first-order valence-corrected chi connectivity index (χ1v) is 11.4. The molecular weight excluding hydrogens is 404 g/mol. The lowest BCUT2D eigenvalue weighted by Crippen LogP contribution is -2.18. The summed E-state index contributed by atoms with van der Waals surface area (Å²) in [5.41, 5.74) is 3.91. The van der Waals surface area contributed by atoms with Crippen LogP contribution in [0.25, 0.3) is 11.1 Å². The highest BCUT2D eigenvalue weighted by molar-refractivity contribution is 7.98. The van der Waals surface area contributed by atoms with Crippen LogP contribution < -0.4 is 10.9 Å². The second-order valence-electron chi connectivity index (χ2n) is 7.01. The summed E-state index contributed by atoms with van der Waals surface area (Å²) in [5.74, 6) is 2.28. The summed E-state index contributed by atoms with van der Waals surface area (Å²) in [7, 11) is 4.09. The van der Waals surface area contributed by atoms with Crippen LogP contribution in [0, 0.1) is 13.8 Å². The average Bonchev–Trinajstić information content (AvgIpc) is 3.09. The first kappa shape index (κ1) is 21.5. The van der Waals surface area contributed by atoms with Crippen molar-refractivity contribution in [3.63, 3.8) is 0 Å². The number of pyridine rings is 1. The Bertz CT molecular complexity index is 997. The van der Waals surface area contributed by atoms with Gasteiger partial charge in [0.15, 0.2) is 0 Å². The lowest BCUT2D eigenvalue weighted by Gasteiger charge is -2.09. The van der Waals surface area contributed by atoms with E-state index in [2.05, 4.69) is 35.5 Å². The van der Waals surface area contributed by atoms with Crippen LogP contribution >= 0.6 is 23.1 Å². The van der Waals surface area contributed by atoms with Crippen LogP contribution in [0.4, 0.5) is 5.95 Å². The molecule has 3 aromatic rings. The Kier molecular flexibility index (Phi) is 7.40. The number of hydrogen-bond donors (Lipinski definition) is 2. The molecule has 0 bridgehead atoms. The third-order valence-corrected chi connectivity index (χ3v) is 6.02. The van der Waals surface area contributed by atoms with E-state index in [9.17, 15) is 4.79 Å². The van der Waals surface area contributed by atoms with Crippen molar-refractivity contribution in [2.24, 2.45) is 0 Å². The van der Waals surface area contributed by atoms with Crippen molar-refractivity contribution in [1.29, 1.82) is 0 Å². The second kappa shape index (κ2) is 10.00. The second-order valence-corrected chi connectivity index (χ2v) is 9.06. The maximum atomic E-state index is 12.5. The average molecular weight is 431 g/mol. The van der Waals surface area contributed by atoms with Gasteiger partial charge in [-0.1, -0.05) is 6.07 Å². The van der Waals surface area contributed by atoms with Gasteiger partial charge in [0, 0.05) is 47.4 Å². The van der Waals surface area contributed by atoms with E-state index in [1.807, 2.05) is 51.8 Å². The number of aromatic amines is 1. The molecule has 0 aliphatic carbocycles. The lowest BCUT2D eigenvalue weighted by atomic mass is 10.1. The molecule has 0 saturated carbocycles. The quantitative estimate of drug-likeness (QED) is 0.504. The predicted molar refractivity (Wildman–Crippen MR) is 122 cm³/mol. The number of nitrogens with one attached hydrogen (secondary N) is 2. The van der Waals surface area contributed by atoms with Crippen LogP contribution in [-0.4, -0.2) is 51.2 Å². The van der Waals surface area contributed by atoms with Crippen molar-refractivity contribution >= 4 is 29.0 Å². The van der Waals surface area contributed by atoms with E-state index in [0.29, 0.717) is 23.8 Å². The van der Waals surface area contributed by atoms with E-state index < -0.39 is 0 Å². The van der Waals surface area contributed by atoms with Gasteiger partial charge in [-0.05, 0) is 34.0 Å². The third kappa shape index (κ3) is 6.12. The number of hydrogen-bond acceptors (Lipinski definition) is 8. The third-order valence-electron chi connectivity index (χ3n) is 4.14. The van der Waals surface area contributed by atoms with Crippen LogP contribution in [0.15, 0.2) is 28.5 Å². The zero-order valence-corrected chi connectivity index (χ0v) is 18.8.